The van der Waals surface area contributed by atoms with Gasteiger partial charge in [-0.3, -0.25) is 0 Å². The van der Waals surface area contributed by atoms with Crippen LogP contribution in [0.5, 0.6) is 0 Å². The average molecular weight is 162 g/mol. The number of ether oxygens (including phenoxy) is 2. The van der Waals surface area contributed by atoms with Crippen molar-refractivity contribution in [2.75, 3.05) is 6.61 Å². The fourth-order valence-electron chi connectivity index (χ4n) is 1.48. The standard InChI is InChI=1S/C6H11NO4/c7-3-5(9)4(8)2-1-10-6(3)11-2/h2-6,8-9H,1,7H2/p+1/t2-,3-,4-,5-,6-/m1/s1. The van der Waals surface area contributed by atoms with Crippen LogP contribution in [0.3, 0.4) is 0 Å². The first-order valence-electron chi connectivity index (χ1n) is 3.66. The summed E-state index contributed by atoms with van der Waals surface area (Å²) in [7, 11) is 0. The molecule has 0 aromatic rings. The number of aliphatic hydroxyl groups excluding tert-OH is 2. The molecule has 5 nitrogen and oxygen atoms in total. The molecule has 0 aromatic carbocycles. The maximum Gasteiger partial charge on any atom is 0.213 e. The summed E-state index contributed by atoms with van der Waals surface area (Å²) in [5.41, 5.74) is 3.65. The van der Waals surface area contributed by atoms with E-state index in [-0.39, 0.29) is 12.1 Å². The molecule has 2 aliphatic rings. The molecular formula is C6H12NO4+. The summed E-state index contributed by atoms with van der Waals surface area (Å²) >= 11 is 0. The molecule has 0 radical (unpaired) electrons. The predicted molar refractivity (Wildman–Crippen MR) is 33.3 cm³/mol. The van der Waals surface area contributed by atoms with E-state index >= 15 is 0 Å². The van der Waals surface area contributed by atoms with Crippen molar-refractivity contribution in [2.45, 2.75) is 30.6 Å². The van der Waals surface area contributed by atoms with Crippen LogP contribution in [0.1, 0.15) is 0 Å². The fraction of sp³-hybridized carbons (Fsp3) is 1.00. The molecule has 2 fully saturated rings. The molecule has 5 atom stereocenters. The molecule has 2 heterocycles. The van der Waals surface area contributed by atoms with Crippen molar-refractivity contribution in [1.29, 1.82) is 0 Å². The molecule has 0 amide bonds. The molecule has 2 rings (SSSR count). The highest BCUT2D eigenvalue weighted by Crippen LogP contribution is 2.25. The van der Waals surface area contributed by atoms with Crippen LogP contribution in [-0.4, -0.2) is 47.5 Å². The van der Waals surface area contributed by atoms with Crippen LogP contribution in [0.4, 0.5) is 0 Å². The Hall–Kier alpha value is -0.200. The van der Waals surface area contributed by atoms with Gasteiger partial charge in [-0.2, -0.15) is 0 Å². The van der Waals surface area contributed by atoms with Crippen LogP contribution in [0.25, 0.3) is 0 Å². The van der Waals surface area contributed by atoms with Gasteiger partial charge in [0, 0.05) is 0 Å². The number of quaternary nitrogens is 1. The zero-order valence-corrected chi connectivity index (χ0v) is 6.01. The summed E-state index contributed by atoms with van der Waals surface area (Å²) in [4.78, 5) is 0. The maximum atomic E-state index is 9.35. The normalized spacial score (nSPS) is 56.5. The van der Waals surface area contributed by atoms with Crippen LogP contribution in [0, 0.1) is 0 Å². The fourth-order valence-corrected chi connectivity index (χ4v) is 1.48. The quantitative estimate of drug-likeness (QED) is 0.356. The Morgan fingerprint density at radius 1 is 1.27 bits per heavy atom. The molecule has 64 valence electrons. The Labute approximate surface area is 63.7 Å². The van der Waals surface area contributed by atoms with Gasteiger partial charge in [-0.05, 0) is 0 Å². The van der Waals surface area contributed by atoms with E-state index in [4.69, 9.17) is 9.47 Å². The Morgan fingerprint density at radius 3 is 2.73 bits per heavy atom. The van der Waals surface area contributed by atoms with Gasteiger partial charge in [-0.1, -0.05) is 0 Å². The van der Waals surface area contributed by atoms with Crippen molar-refractivity contribution < 1.29 is 25.4 Å². The summed E-state index contributed by atoms with van der Waals surface area (Å²) in [5.74, 6) is 0. The van der Waals surface area contributed by atoms with Gasteiger partial charge in [-0.15, -0.1) is 0 Å². The van der Waals surface area contributed by atoms with E-state index in [1.807, 2.05) is 0 Å². The molecule has 2 aliphatic heterocycles. The molecule has 0 saturated carbocycles. The minimum Gasteiger partial charge on any atom is -0.387 e. The van der Waals surface area contributed by atoms with Crippen molar-refractivity contribution in [1.82, 2.24) is 0 Å². The van der Waals surface area contributed by atoms with Crippen molar-refractivity contribution in [3.63, 3.8) is 0 Å². The third kappa shape index (κ3) is 0.969. The molecule has 2 bridgehead atoms. The number of hydrogen-bond acceptors (Lipinski definition) is 4. The van der Waals surface area contributed by atoms with E-state index < -0.39 is 18.5 Å². The summed E-state index contributed by atoms with van der Waals surface area (Å²) < 4.78 is 10.3. The van der Waals surface area contributed by atoms with Crippen LogP contribution in [-0.2, 0) is 9.47 Å². The highest BCUT2D eigenvalue weighted by atomic mass is 16.7. The Bertz CT molecular complexity index is 145. The monoisotopic (exact) mass is 162 g/mol. The molecule has 0 unspecified atom stereocenters. The molecule has 11 heavy (non-hydrogen) atoms. The second kappa shape index (κ2) is 2.40. The van der Waals surface area contributed by atoms with E-state index in [1.54, 1.807) is 0 Å². The Kier molecular flexibility index (Phi) is 1.62. The van der Waals surface area contributed by atoms with Crippen molar-refractivity contribution in [3.05, 3.63) is 0 Å². The summed E-state index contributed by atoms with van der Waals surface area (Å²) in [6.45, 7) is 0.356. The molecule has 0 aliphatic carbocycles. The van der Waals surface area contributed by atoms with E-state index in [2.05, 4.69) is 5.73 Å². The third-order valence-electron chi connectivity index (χ3n) is 2.25. The number of fused-ring (bicyclic) bond motifs is 2. The lowest BCUT2D eigenvalue weighted by Crippen LogP contribution is -2.75. The maximum absolute atomic E-state index is 9.35. The van der Waals surface area contributed by atoms with Crippen molar-refractivity contribution in [2.24, 2.45) is 0 Å². The smallest absolute Gasteiger partial charge is 0.213 e. The second-order valence-electron chi connectivity index (χ2n) is 3.02. The Morgan fingerprint density at radius 2 is 2.00 bits per heavy atom. The second-order valence-corrected chi connectivity index (χ2v) is 3.02. The first-order chi connectivity index (χ1) is 5.20. The number of rotatable bonds is 0. The van der Waals surface area contributed by atoms with Crippen LogP contribution < -0.4 is 5.73 Å². The molecule has 5 N–H and O–H groups in total. The topological polar surface area (TPSA) is 86.6 Å². The lowest BCUT2D eigenvalue weighted by Gasteiger charge is -2.30. The SMILES string of the molecule is [NH3+][C@H]1[C@@H]2OC[C@@H](O2)[C@@H](O)[C@@H]1O. The zero-order valence-electron chi connectivity index (χ0n) is 6.01. The van der Waals surface area contributed by atoms with Gasteiger partial charge < -0.3 is 25.4 Å². The number of aliphatic hydroxyl groups is 2. The van der Waals surface area contributed by atoms with Gasteiger partial charge >= 0.3 is 0 Å². The van der Waals surface area contributed by atoms with E-state index in [1.165, 1.54) is 0 Å². The summed E-state index contributed by atoms with van der Waals surface area (Å²) in [5, 5.41) is 18.7. The molecule has 2 saturated heterocycles. The minimum absolute atomic E-state index is 0.356. The van der Waals surface area contributed by atoms with Crippen molar-refractivity contribution >= 4 is 0 Å². The lowest BCUT2D eigenvalue weighted by atomic mass is 10.00. The van der Waals surface area contributed by atoms with Gasteiger partial charge in [0.05, 0.1) is 6.61 Å². The minimum atomic E-state index is -0.851. The van der Waals surface area contributed by atoms with E-state index in [0.29, 0.717) is 6.61 Å². The molecule has 0 spiro atoms. The average Bonchev–Trinajstić information content (AvgIpc) is 2.44. The first-order valence-corrected chi connectivity index (χ1v) is 3.66. The Balaban J connectivity index is 2.16. The van der Waals surface area contributed by atoms with Gasteiger partial charge in [-0.25, -0.2) is 0 Å². The third-order valence-corrected chi connectivity index (χ3v) is 2.25. The van der Waals surface area contributed by atoms with Gasteiger partial charge in [0.15, 0.2) is 6.04 Å². The van der Waals surface area contributed by atoms with Gasteiger partial charge in [0.25, 0.3) is 0 Å². The molecule has 0 aromatic heterocycles. The highest BCUT2D eigenvalue weighted by molar-refractivity contribution is 4.91. The van der Waals surface area contributed by atoms with Crippen molar-refractivity contribution in [3.8, 4) is 0 Å². The zero-order chi connectivity index (χ0) is 8.01. The van der Waals surface area contributed by atoms with Gasteiger partial charge in [0.1, 0.15) is 18.3 Å². The molecular weight excluding hydrogens is 150 g/mol. The van der Waals surface area contributed by atoms with Crippen LogP contribution in [0.2, 0.25) is 0 Å². The first kappa shape index (κ1) is 7.45. The summed E-state index contributed by atoms with van der Waals surface area (Å²) in [6, 6.07) is -0.385. The molecule has 5 heteroatoms. The largest absolute Gasteiger partial charge is 0.387 e. The highest BCUT2D eigenvalue weighted by Gasteiger charge is 2.50. The van der Waals surface area contributed by atoms with Crippen LogP contribution >= 0.6 is 0 Å². The van der Waals surface area contributed by atoms with Crippen LogP contribution in [0.15, 0.2) is 0 Å². The lowest BCUT2D eigenvalue weighted by molar-refractivity contribution is -0.485. The van der Waals surface area contributed by atoms with Gasteiger partial charge in [0.2, 0.25) is 6.29 Å². The van der Waals surface area contributed by atoms with E-state index in [0.717, 1.165) is 0 Å². The predicted octanol–water partition coefficient (Wildman–Crippen LogP) is -2.93. The summed E-state index contributed by atoms with van der Waals surface area (Å²) in [6.07, 6.45) is -2.47. The van der Waals surface area contributed by atoms with E-state index in [9.17, 15) is 10.2 Å². The number of hydrogen-bond donors (Lipinski definition) is 3.